The van der Waals surface area contributed by atoms with E-state index in [1.165, 1.54) is 4.80 Å². The fourth-order valence-electron chi connectivity index (χ4n) is 2.18. The van der Waals surface area contributed by atoms with Crippen molar-refractivity contribution in [2.75, 3.05) is 11.9 Å². The zero-order valence-corrected chi connectivity index (χ0v) is 13.2. The third kappa shape index (κ3) is 3.75. The van der Waals surface area contributed by atoms with Crippen LogP contribution in [0.25, 0.3) is 11.4 Å². The van der Waals surface area contributed by atoms with Crippen LogP contribution in [-0.4, -0.2) is 32.7 Å². The molecule has 0 aliphatic carbocycles. The number of hydrogen-bond acceptors (Lipinski definition) is 5. The first kappa shape index (κ1) is 15.7. The Morgan fingerprint density at radius 2 is 1.88 bits per heavy atom. The standard InChI is InChI=1S/C17H17N5O2/c1-2-24-15-11-7-6-10-14(15)18-16(23)12-22-20-17(19-21-22)13-8-4-3-5-9-13/h3-11H,2,12H2,1H3,(H,18,23). The van der Waals surface area contributed by atoms with E-state index in [1.807, 2.05) is 49.4 Å². The van der Waals surface area contributed by atoms with Gasteiger partial charge < -0.3 is 10.1 Å². The SMILES string of the molecule is CCOc1ccccc1NC(=O)Cn1nnc(-c2ccccc2)n1. The smallest absolute Gasteiger partial charge is 0.248 e. The molecule has 0 saturated carbocycles. The molecule has 0 fully saturated rings. The maximum absolute atomic E-state index is 12.2. The molecule has 3 rings (SSSR count). The summed E-state index contributed by atoms with van der Waals surface area (Å²) in [5.41, 5.74) is 1.47. The zero-order chi connectivity index (χ0) is 16.8. The number of hydrogen-bond donors (Lipinski definition) is 1. The molecule has 7 nitrogen and oxygen atoms in total. The van der Waals surface area contributed by atoms with Gasteiger partial charge in [-0.15, -0.1) is 10.2 Å². The second kappa shape index (κ2) is 7.36. The number of anilines is 1. The molecule has 24 heavy (non-hydrogen) atoms. The van der Waals surface area contributed by atoms with Crippen LogP contribution in [0.2, 0.25) is 0 Å². The lowest BCUT2D eigenvalue weighted by Crippen LogP contribution is -2.20. The van der Waals surface area contributed by atoms with Gasteiger partial charge in [0.05, 0.1) is 12.3 Å². The van der Waals surface area contributed by atoms with Gasteiger partial charge in [0.25, 0.3) is 0 Å². The van der Waals surface area contributed by atoms with Crippen molar-refractivity contribution >= 4 is 11.6 Å². The summed E-state index contributed by atoms with van der Waals surface area (Å²) in [5, 5.41) is 14.9. The minimum atomic E-state index is -0.251. The molecule has 0 atom stereocenters. The highest BCUT2D eigenvalue weighted by atomic mass is 16.5. The van der Waals surface area contributed by atoms with Crippen LogP contribution in [0.5, 0.6) is 5.75 Å². The minimum absolute atomic E-state index is 0.0275. The third-order valence-corrected chi connectivity index (χ3v) is 3.23. The molecule has 0 unspecified atom stereocenters. The summed E-state index contributed by atoms with van der Waals surface area (Å²) in [7, 11) is 0. The minimum Gasteiger partial charge on any atom is -0.492 e. The Balaban J connectivity index is 1.67. The lowest BCUT2D eigenvalue weighted by molar-refractivity contribution is -0.117. The van der Waals surface area contributed by atoms with Crippen LogP contribution in [-0.2, 0) is 11.3 Å². The van der Waals surface area contributed by atoms with Gasteiger partial charge in [-0.3, -0.25) is 4.79 Å². The third-order valence-electron chi connectivity index (χ3n) is 3.23. The number of amides is 1. The molecule has 0 spiro atoms. The number of carbonyl (C=O) groups is 1. The fraction of sp³-hybridized carbons (Fsp3) is 0.176. The van der Waals surface area contributed by atoms with Crippen molar-refractivity contribution < 1.29 is 9.53 Å². The number of tetrazole rings is 1. The normalized spacial score (nSPS) is 10.4. The number of carbonyl (C=O) groups excluding carboxylic acids is 1. The monoisotopic (exact) mass is 323 g/mol. The molecule has 1 amide bonds. The van der Waals surface area contributed by atoms with Gasteiger partial charge in [-0.2, -0.15) is 4.80 Å². The largest absolute Gasteiger partial charge is 0.492 e. The first-order valence-corrected chi connectivity index (χ1v) is 7.61. The molecule has 7 heteroatoms. The maximum atomic E-state index is 12.2. The van der Waals surface area contributed by atoms with Crippen LogP contribution in [0.1, 0.15) is 6.92 Å². The van der Waals surface area contributed by atoms with Crippen molar-refractivity contribution in [3.8, 4) is 17.1 Å². The summed E-state index contributed by atoms with van der Waals surface area (Å²) in [6.07, 6.45) is 0. The van der Waals surface area contributed by atoms with Gasteiger partial charge in [0.2, 0.25) is 11.7 Å². The highest BCUT2D eigenvalue weighted by Crippen LogP contribution is 2.23. The van der Waals surface area contributed by atoms with E-state index in [2.05, 4.69) is 20.7 Å². The fourth-order valence-corrected chi connectivity index (χ4v) is 2.18. The number of nitrogens with zero attached hydrogens (tertiary/aromatic N) is 4. The van der Waals surface area contributed by atoms with Crippen molar-refractivity contribution in [2.45, 2.75) is 13.5 Å². The number of aromatic nitrogens is 4. The number of nitrogens with one attached hydrogen (secondary N) is 1. The van der Waals surface area contributed by atoms with Crippen LogP contribution in [0.15, 0.2) is 54.6 Å². The van der Waals surface area contributed by atoms with Gasteiger partial charge in [0, 0.05) is 5.56 Å². The molecule has 1 N–H and O–H groups in total. The van der Waals surface area contributed by atoms with Gasteiger partial charge in [0.1, 0.15) is 12.3 Å². The Kier molecular flexibility index (Phi) is 4.81. The molecule has 122 valence electrons. The van der Waals surface area contributed by atoms with E-state index < -0.39 is 0 Å². The predicted molar refractivity (Wildman–Crippen MR) is 89.5 cm³/mol. The van der Waals surface area contributed by atoms with E-state index in [9.17, 15) is 4.79 Å². The van der Waals surface area contributed by atoms with Crippen LogP contribution in [0.4, 0.5) is 5.69 Å². The Morgan fingerprint density at radius 1 is 1.12 bits per heavy atom. The van der Waals surface area contributed by atoms with E-state index in [-0.39, 0.29) is 12.5 Å². The van der Waals surface area contributed by atoms with Gasteiger partial charge in [-0.05, 0) is 24.3 Å². The van der Waals surface area contributed by atoms with Crippen molar-refractivity contribution in [3.63, 3.8) is 0 Å². The quantitative estimate of drug-likeness (QED) is 0.753. The predicted octanol–water partition coefficient (Wildman–Crippen LogP) is 2.38. The summed E-state index contributed by atoms with van der Waals surface area (Å²) in [6, 6.07) is 16.8. The van der Waals surface area contributed by atoms with E-state index in [0.29, 0.717) is 23.9 Å². The second-order valence-corrected chi connectivity index (χ2v) is 4.99. The average Bonchev–Trinajstić information content (AvgIpc) is 3.06. The Hall–Kier alpha value is -3.22. The molecular formula is C17H17N5O2. The van der Waals surface area contributed by atoms with E-state index in [4.69, 9.17) is 4.74 Å². The highest BCUT2D eigenvalue weighted by molar-refractivity contribution is 5.92. The maximum Gasteiger partial charge on any atom is 0.248 e. The van der Waals surface area contributed by atoms with Crippen LogP contribution < -0.4 is 10.1 Å². The van der Waals surface area contributed by atoms with E-state index in [0.717, 1.165) is 5.56 Å². The number of rotatable bonds is 6. The molecule has 0 aliphatic rings. The molecular weight excluding hydrogens is 306 g/mol. The topological polar surface area (TPSA) is 81.9 Å². The molecule has 2 aromatic carbocycles. The van der Waals surface area contributed by atoms with Gasteiger partial charge in [-0.1, -0.05) is 42.5 Å². The molecule has 0 radical (unpaired) electrons. The molecule has 1 heterocycles. The molecule has 0 aliphatic heterocycles. The first-order valence-electron chi connectivity index (χ1n) is 7.61. The van der Waals surface area contributed by atoms with E-state index in [1.54, 1.807) is 12.1 Å². The zero-order valence-electron chi connectivity index (χ0n) is 13.2. The number of ether oxygens (including phenoxy) is 1. The summed E-state index contributed by atoms with van der Waals surface area (Å²) in [6.45, 7) is 2.39. The van der Waals surface area contributed by atoms with Gasteiger partial charge in [0.15, 0.2) is 0 Å². The van der Waals surface area contributed by atoms with Crippen LogP contribution in [0, 0.1) is 0 Å². The summed E-state index contributed by atoms with van der Waals surface area (Å²) in [4.78, 5) is 13.5. The molecule has 3 aromatic rings. The van der Waals surface area contributed by atoms with Crippen molar-refractivity contribution in [1.29, 1.82) is 0 Å². The number of para-hydroxylation sites is 2. The van der Waals surface area contributed by atoms with E-state index >= 15 is 0 Å². The van der Waals surface area contributed by atoms with Crippen molar-refractivity contribution in [1.82, 2.24) is 20.2 Å². The summed E-state index contributed by atoms with van der Waals surface area (Å²) < 4.78 is 5.48. The highest BCUT2D eigenvalue weighted by Gasteiger charge is 2.11. The molecule has 0 bridgehead atoms. The summed E-state index contributed by atoms with van der Waals surface area (Å²) in [5.74, 6) is 0.863. The second-order valence-electron chi connectivity index (χ2n) is 4.99. The van der Waals surface area contributed by atoms with Crippen LogP contribution in [0.3, 0.4) is 0 Å². The average molecular weight is 323 g/mol. The lowest BCUT2D eigenvalue weighted by atomic mass is 10.2. The van der Waals surface area contributed by atoms with Crippen LogP contribution >= 0.6 is 0 Å². The molecule has 1 aromatic heterocycles. The summed E-state index contributed by atoms with van der Waals surface area (Å²) >= 11 is 0. The molecule has 0 saturated heterocycles. The Labute approximate surface area is 139 Å². The number of benzene rings is 2. The van der Waals surface area contributed by atoms with Crippen molar-refractivity contribution in [2.24, 2.45) is 0 Å². The van der Waals surface area contributed by atoms with Crippen molar-refractivity contribution in [3.05, 3.63) is 54.6 Å². The van der Waals surface area contributed by atoms with Gasteiger partial charge in [-0.25, -0.2) is 0 Å². The Morgan fingerprint density at radius 3 is 2.67 bits per heavy atom. The Bertz CT molecular complexity index is 817. The lowest BCUT2D eigenvalue weighted by Gasteiger charge is -2.10. The first-order chi connectivity index (χ1) is 11.8. The van der Waals surface area contributed by atoms with Gasteiger partial charge >= 0.3 is 0 Å².